The lowest BCUT2D eigenvalue weighted by atomic mass is 10.0. The first kappa shape index (κ1) is 21.8. The third-order valence-electron chi connectivity index (χ3n) is 5.72. The van der Waals surface area contributed by atoms with E-state index in [-0.39, 0.29) is 11.6 Å². The Labute approximate surface area is 188 Å². The van der Waals surface area contributed by atoms with E-state index in [2.05, 4.69) is 43.0 Å². The molecule has 0 fully saturated rings. The zero-order chi connectivity index (χ0) is 22.3. The van der Waals surface area contributed by atoms with E-state index in [0.717, 1.165) is 41.2 Å². The third kappa shape index (κ3) is 5.62. The van der Waals surface area contributed by atoms with E-state index in [0.29, 0.717) is 5.56 Å². The van der Waals surface area contributed by atoms with Crippen molar-refractivity contribution < 1.29 is 8.78 Å². The average Bonchev–Trinajstić information content (AvgIpc) is 2.81. The van der Waals surface area contributed by atoms with Crippen LogP contribution in [0, 0.1) is 23.5 Å². The van der Waals surface area contributed by atoms with Crippen molar-refractivity contribution in [3.8, 4) is 11.8 Å². The average molecular weight is 425 g/mol. The molecule has 0 bridgehead atoms. The molecule has 0 aliphatic carbocycles. The largest absolute Gasteiger partial charge is 0.207 e. The van der Waals surface area contributed by atoms with Gasteiger partial charge in [-0.15, -0.1) is 0 Å². The highest BCUT2D eigenvalue weighted by Gasteiger charge is 2.03. The first-order valence-corrected chi connectivity index (χ1v) is 11.2. The highest BCUT2D eigenvalue weighted by atomic mass is 19.1. The number of aryl methyl sites for hydroxylation is 3. The first-order chi connectivity index (χ1) is 15.6. The minimum atomic E-state index is -0.298. The second-order valence-electron chi connectivity index (χ2n) is 8.19. The van der Waals surface area contributed by atoms with E-state index in [1.807, 2.05) is 24.3 Å². The van der Waals surface area contributed by atoms with Gasteiger partial charge in [0, 0.05) is 5.56 Å². The van der Waals surface area contributed by atoms with Crippen molar-refractivity contribution in [3.63, 3.8) is 0 Å². The molecule has 0 amide bonds. The van der Waals surface area contributed by atoms with Gasteiger partial charge in [0.2, 0.25) is 0 Å². The number of unbranched alkanes of at least 4 members (excludes halogenated alkanes) is 1. The number of hydrogen-bond donors (Lipinski definition) is 0. The minimum absolute atomic E-state index is 0.262. The highest BCUT2D eigenvalue weighted by Crippen LogP contribution is 2.18. The Morgan fingerprint density at radius 2 is 1.28 bits per heavy atom. The van der Waals surface area contributed by atoms with Gasteiger partial charge in [0.1, 0.15) is 11.6 Å². The summed E-state index contributed by atoms with van der Waals surface area (Å²) in [6.45, 7) is 2.21. The summed E-state index contributed by atoms with van der Waals surface area (Å²) in [6, 6.07) is 24.2. The molecule has 0 nitrogen and oxygen atoms in total. The maximum Gasteiger partial charge on any atom is 0.139 e. The molecule has 160 valence electrons. The molecule has 0 unspecified atom stereocenters. The molecule has 4 rings (SSSR count). The Bertz CT molecular complexity index is 1270. The molecule has 0 saturated carbocycles. The zero-order valence-electron chi connectivity index (χ0n) is 18.3. The molecule has 0 aliphatic heterocycles. The van der Waals surface area contributed by atoms with E-state index in [4.69, 9.17) is 0 Å². The van der Waals surface area contributed by atoms with E-state index in [1.54, 1.807) is 18.2 Å². The van der Waals surface area contributed by atoms with Gasteiger partial charge in [-0.3, -0.25) is 0 Å². The molecule has 0 radical (unpaired) electrons. The van der Waals surface area contributed by atoms with Gasteiger partial charge >= 0.3 is 0 Å². The Morgan fingerprint density at radius 1 is 0.625 bits per heavy atom. The summed E-state index contributed by atoms with van der Waals surface area (Å²) in [7, 11) is 0. The van der Waals surface area contributed by atoms with Crippen LogP contribution in [0.15, 0.2) is 78.9 Å². The number of benzene rings is 4. The fraction of sp³-hybridized carbons (Fsp3) is 0.200. The second-order valence-corrected chi connectivity index (χ2v) is 8.19. The van der Waals surface area contributed by atoms with Crippen LogP contribution in [0.3, 0.4) is 0 Å². The van der Waals surface area contributed by atoms with Crippen molar-refractivity contribution >= 4 is 10.8 Å². The predicted molar refractivity (Wildman–Crippen MR) is 129 cm³/mol. The smallest absolute Gasteiger partial charge is 0.139 e. The van der Waals surface area contributed by atoms with E-state index in [1.165, 1.54) is 36.1 Å². The highest BCUT2D eigenvalue weighted by molar-refractivity contribution is 5.84. The Morgan fingerprint density at radius 3 is 2.03 bits per heavy atom. The van der Waals surface area contributed by atoms with Crippen molar-refractivity contribution in [3.05, 3.63) is 118 Å². The third-order valence-corrected chi connectivity index (χ3v) is 5.72. The van der Waals surface area contributed by atoms with Crippen molar-refractivity contribution in [2.45, 2.75) is 39.0 Å². The number of hydrogen-bond acceptors (Lipinski definition) is 0. The van der Waals surface area contributed by atoms with Crippen LogP contribution >= 0.6 is 0 Å². The van der Waals surface area contributed by atoms with Crippen LogP contribution in [0.1, 0.15) is 47.6 Å². The number of fused-ring (bicyclic) bond motifs is 1. The lowest BCUT2D eigenvalue weighted by molar-refractivity contribution is 0.621. The fourth-order valence-corrected chi connectivity index (χ4v) is 3.79. The van der Waals surface area contributed by atoms with Gasteiger partial charge in [-0.1, -0.05) is 67.6 Å². The Hall–Kier alpha value is -3.44. The van der Waals surface area contributed by atoms with Gasteiger partial charge in [-0.2, -0.15) is 0 Å². The van der Waals surface area contributed by atoms with Gasteiger partial charge < -0.3 is 0 Å². The summed E-state index contributed by atoms with van der Waals surface area (Å²) >= 11 is 0. The van der Waals surface area contributed by atoms with E-state index in [9.17, 15) is 8.78 Å². The van der Waals surface area contributed by atoms with Gasteiger partial charge in [-0.05, 0) is 89.5 Å². The molecule has 0 N–H and O–H groups in total. The van der Waals surface area contributed by atoms with E-state index >= 15 is 0 Å². The summed E-state index contributed by atoms with van der Waals surface area (Å²) in [5, 5.41) is 1.73. The quantitative estimate of drug-likeness (QED) is 0.279. The summed E-state index contributed by atoms with van der Waals surface area (Å²) < 4.78 is 27.9. The normalized spacial score (nSPS) is 10.7. The molecule has 4 aromatic carbocycles. The molecule has 0 spiro atoms. The fourth-order valence-electron chi connectivity index (χ4n) is 3.79. The lowest BCUT2D eigenvalue weighted by Gasteiger charge is -2.05. The predicted octanol–water partition coefficient (Wildman–Crippen LogP) is 7.65. The molecule has 0 aliphatic rings. The molecule has 0 heterocycles. The molecule has 0 atom stereocenters. The van der Waals surface area contributed by atoms with Crippen LogP contribution in [-0.4, -0.2) is 0 Å². The standard InChI is InChI=1S/C30H26F2/c1-2-3-4-22-5-7-23(8-6-22)9-10-25-12-15-26(30(32)20-25)14-11-24-13-16-28-21-29(31)18-17-27(28)19-24/h5-8,12-13,15-21H,2-4,9-10H2,1H3. The molecule has 0 saturated heterocycles. The topological polar surface area (TPSA) is 0 Å². The van der Waals surface area contributed by atoms with Crippen molar-refractivity contribution in [1.82, 2.24) is 0 Å². The van der Waals surface area contributed by atoms with Crippen LogP contribution in [-0.2, 0) is 19.3 Å². The summed E-state index contributed by atoms with van der Waals surface area (Å²) in [4.78, 5) is 0. The number of halogens is 2. The van der Waals surface area contributed by atoms with Crippen LogP contribution in [0.5, 0.6) is 0 Å². The second kappa shape index (κ2) is 10.2. The van der Waals surface area contributed by atoms with Crippen LogP contribution in [0.2, 0.25) is 0 Å². The van der Waals surface area contributed by atoms with Crippen LogP contribution < -0.4 is 0 Å². The van der Waals surface area contributed by atoms with Crippen molar-refractivity contribution in [2.24, 2.45) is 0 Å². The molecule has 4 aromatic rings. The Kier molecular flexibility index (Phi) is 6.97. The molecule has 2 heteroatoms. The van der Waals surface area contributed by atoms with Gasteiger partial charge in [-0.25, -0.2) is 8.78 Å². The van der Waals surface area contributed by atoms with Crippen molar-refractivity contribution in [2.75, 3.05) is 0 Å². The summed E-state index contributed by atoms with van der Waals surface area (Å²) in [5.74, 6) is 5.39. The maximum atomic E-state index is 14.6. The maximum absolute atomic E-state index is 14.6. The monoisotopic (exact) mass is 424 g/mol. The van der Waals surface area contributed by atoms with Gasteiger partial charge in [0.15, 0.2) is 0 Å². The first-order valence-electron chi connectivity index (χ1n) is 11.2. The van der Waals surface area contributed by atoms with Crippen LogP contribution in [0.4, 0.5) is 8.78 Å². The Balaban J connectivity index is 1.41. The minimum Gasteiger partial charge on any atom is -0.207 e. The van der Waals surface area contributed by atoms with E-state index < -0.39 is 0 Å². The molecular weight excluding hydrogens is 398 g/mol. The van der Waals surface area contributed by atoms with Gasteiger partial charge in [0.25, 0.3) is 0 Å². The van der Waals surface area contributed by atoms with Crippen LogP contribution in [0.25, 0.3) is 10.8 Å². The lowest BCUT2D eigenvalue weighted by Crippen LogP contribution is -1.94. The SMILES string of the molecule is CCCCc1ccc(CCc2ccc(C#Cc3ccc4cc(F)ccc4c3)c(F)c2)cc1. The van der Waals surface area contributed by atoms with Gasteiger partial charge in [0.05, 0.1) is 5.56 Å². The molecular formula is C30H26F2. The summed E-state index contributed by atoms with van der Waals surface area (Å²) in [5.41, 5.74) is 4.77. The molecule has 32 heavy (non-hydrogen) atoms. The number of rotatable bonds is 6. The summed E-state index contributed by atoms with van der Waals surface area (Å²) in [6.07, 6.45) is 5.23. The van der Waals surface area contributed by atoms with Crippen molar-refractivity contribution in [1.29, 1.82) is 0 Å². The zero-order valence-corrected chi connectivity index (χ0v) is 18.3. The molecule has 0 aromatic heterocycles.